The first-order valence-corrected chi connectivity index (χ1v) is 9.75. The van der Waals surface area contributed by atoms with Crippen molar-refractivity contribution in [2.24, 2.45) is 0 Å². The van der Waals surface area contributed by atoms with E-state index in [1.165, 1.54) is 22.1 Å². The van der Waals surface area contributed by atoms with E-state index >= 15 is 0 Å². The van der Waals surface area contributed by atoms with Gasteiger partial charge in [-0.05, 0) is 55.6 Å². The van der Waals surface area contributed by atoms with E-state index in [1.807, 2.05) is 41.8 Å². The number of carbonyl (C=O) groups is 1. The lowest BCUT2D eigenvalue weighted by Crippen LogP contribution is -2.29. The van der Waals surface area contributed by atoms with Crippen LogP contribution < -0.4 is 15.8 Å². The van der Waals surface area contributed by atoms with Crippen LogP contribution in [0.2, 0.25) is 0 Å². The molecule has 0 radical (unpaired) electrons. The molecule has 1 N–H and O–H groups in total. The highest BCUT2D eigenvalue weighted by molar-refractivity contribution is 7.13. The predicted octanol–water partition coefficient (Wildman–Crippen LogP) is 3.46. The minimum absolute atomic E-state index is 0.129. The minimum Gasteiger partial charge on any atom is -0.372 e. The van der Waals surface area contributed by atoms with Gasteiger partial charge in [0.15, 0.2) is 0 Å². The quantitative estimate of drug-likeness (QED) is 0.680. The van der Waals surface area contributed by atoms with Crippen molar-refractivity contribution in [3.05, 3.63) is 64.3 Å². The van der Waals surface area contributed by atoms with Gasteiger partial charge in [-0.1, -0.05) is 6.07 Å². The van der Waals surface area contributed by atoms with Crippen molar-refractivity contribution in [2.75, 3.05) is 23.3 Å². The Balaban J connectivity index is 1.69. The topological polar surface area (TPSA) is 67.2 Å². The van der Waals surface area contributed by atoms with Gasteiger partial charge in [0.05, 0.1) is 4.88 Å². The van der Waals surface area contributed by atoms with E-state index in [1.54, 1.807) is 6.07 Å². The van der Waals surface area contributed by atoms with Crippen LogP contribution in [0.3, 0.4) is 0 Å². The molecule has 2 aromatic heterocycles. The zero-order chi connectivity index (χ0) is 19.2. The molecule has 0 aliphatic heterocycles. The number of aromatic nitrogens is 2. The third-order valence-electron chi connectivity index (χ3n) is 4.21. The van der Waals surface area contributed by atoms with Crippen LogP contribution in [0.5, 0.6) is 0 Å². The lowest BCUT2D eigenvalue weighted by atomic mass is 10.2. The summed E-state index contributed by atoms with van der Waals surface area (Å²) >= 11 is 1.54. The molecule has 0 aliphatic rings. The highest BCUT2D eigenvalue weighted by Gasteiger charge is 2.09. The molecule has 27 heavy (non-hydrogen) atoms. The maximum Gasteiger partial charge on any atom is 0.267 e. The molecule has 0 spiro atoms. The molecule has 0 saturated carbocycles. The zero-order valence-electron chi connectivity index (χ0n) is 15.4. The van der Waals surface area contributed by atoms with Crippen molar-refractivity contribution >= 4 is 28.6 Å². The van der Waals surface area contributed by atoms with Gasteiger partial charge < -0.3 is 10.2 Å². The summed E-state index contributed by atoms with van der Waals surface area (Å²) in [5, 5.41) is 9.07. The predicted molar refractivity (Wildman–Crippen MR) is 110 cm³/mol. The molecule has 0 aliphatic carbocycles. The number of rotatable bonds is 7. The third-order valence-corrected chi connectivity index (χ3v) is 5.11. The first-order chi connectivity index (χ1) is 13.1. The monoisotopic (exact) mass is 382 g/mol. The van der Waals surface area contributed by atoms with Gasteiger partial charge in [0.25, 0.3) is 5.56 Å². The van der Waals surface area contributed by atoms with Crippen molar-refractivity contribution < 1.29 is 4.79 Å². The summed E-state index contributed by atoms with van der Waals surface area (Å²) in [4.78, 5) is 27.6. The Labute approximate surface area is 162 Å². The normalized spacial score (nSPS) is 10.6. The van der Waals surface area contributed by atoms with Crippen LogP contribution in [0.15, 0.2) is 58.7 Å². The first kappa shape index (κ1) is 18.8. The first-order valence-electron chi connectivity index (χ1n) is 8.87. The molecule has 0 fully saturated rings. The fourth-order valence-corrected chi connectivity index (χ4v) is 3.49. The zero-order valence-corrected chi connectivity index (χ0v) is 16.2. The number of amides is 1. The van der Waals surface area contributed by atoms with E-state index < -0.39 is 0 Å². The van der Waals surface area contributed by atoms with Crippen LogP contribution in [-0.2, 0) is 11.3 Å². The van der Waals surface area contributed by atoms with Crippen LogP contribution in [0.25, 0.3) is 10.6 Å². The average molecular weight is 382 g/mol. The smallest absolute Gasteiger partial charge is 0.267 e. The number of hydrogen-bond acceptors (Lipinski definition) is 5. The van der Waals surface area contributed by atoms with Gasteiger partial charge in [-0.15, -0.1) is 11.3 Å². The van der Waals surface area contributed by atoms with Crippen LogP contribution in [0, 0.1) is 0 Å². The van der Waals surface area contributed by atoms with Gasteiger partial charge >= 0.3 is 0 Å². The summed E-state index contributed by atoms with van der Waals surface area (Å²) in [6.07, 6.45) is 0. The number of nitrogens with one attached hydrogen (secondary N) is 1. The summed E-state index contributed by atoms with van der Waals surface area (Å²) < 4.78 is 1.19. The summed E-state index contributed by atoms with van der Waals surface area (Å²) in [6, 6.07) is 14.6. The lowest BCUT2D eigenvalue weighted by molar-refractivity contribution is -0.117. The Kier molecular flexibility index (Phi) is 6.03. The van der Waals surface area contributed by atoms with Gasteiger partial charge in [-0.3, -0.25) is 9.59 Å². The summed E-state index contributed by atoms with van der Waals surface area (Å²) in [5.41, 5.74) is 2.18. The Morgan fingerprint density at radius 1 is 1.11 bits per heavy atom. The largest absolute Gasteiger partial charge is 0.372 e. The van der Waals surface area contributed by atoms with Crippen LogP contribution >= 0.6 is 11.3 Å². The van der Waals surface area contributed by atoms with Crippen molar-refractivity contribution in [3.8, 4) is 10.6 Å². The standard InChI is InChI=1S/C20H22N4O2S/c1-3-23(4-2)16-9-7-15(8-10-16)21-19(25)14-24-20(26)12-11-17(22-24)18-6-5-13-27-18/h5-13H,3-4,14H2,1-2H3,(H,21,25). The number of thiophene rings is 1. The number of carbonyl (C=O) groups excluding carboxylic acids is 1. The highest BCUT2D eigenvalue weighted by Crippen LogP contribution is 2.21. The summed E-state index contributed by atoms with van der Waals surface area (Å²) in [5.74, 6) is -0.288. The SMILES string of the molecule is CCN(CC)c1ccc(NC(=O)Cn2nc(-c3cccs3)ccc2=O)cc1. The number of anilines is 2. The van der Waals surface area contributed by atoms with Crippen LogP contribution in [0.1, 0.15) is 13.8 Å². The van der Waals surface area contributed by atoms with Gasteiger partial charge in [0.1, 0.15) is 12.2 Å². The van der Waals surface area contributed by atoms with E-state index in [-0.39, 0.29) is 18.0 Å². The molecule has 2 heterocycles. The fourth-order valence-electron chi connectivity index (χ4n) is 2.80. The van der Waals surface area contributed by atoms with Crippen molar-refractivity contribution in [1.82, 2.24) is 9.78 Å². The molecule has 1 aromatic carbocycles. The minimum atomic E-state index is -0.303. The van der Waals surface area contributed by atoms with Gasteiger partial charge in [-0.25, -0.2) is 4.68 Å². The number of benzene rings is 1. The Bertz CT molecular complexity index is 945. The molecule has 3 aromatic rings. The van der Waals surface area contributed by atoms with Crippen molar-refractivity contribution in [3.63, 3.8) is 0 Å². The van der Waals surface area contributed by atoms with Crippen molar-refractivity contribution in [1.29, 1.82) is 0 Å². The van der Waals surface area contributed by atoms with E-state index in [0.29, 0.717) is 11.4 Å². The second-order valence-electron chi connectivity index (χ2n) is 5.96. The second kappa shape index (κ2) is 8.64. The molecular formula is C20H22N4O2S. The molecular weight excluding hydrogens is 360 g/mol. The van der Waals surface area contributed by atoms with E-state index in [0.717, 1.165) is 23.7 Å². The molecule has 140 valence electrons. The molecule has 1 amide bonds. The fraction of sp³-hybridized carbons (Fsp3) is 0.250. The number of nitrogens with zero attached hydrogens (tertiary/aromatic N) is 3. The van der Waals surface area contributed by atoms with Gasteiger partial charge in [0.2, 0.25) is 5.91 Å². The molecule has 0 bridgehead atoms. The van der Waals surface area contributed by atoms with E-state index in [9.17, 15) is 9.59 Å². The van der Waals surface area contributed by atoms with Gasteiger partial charge in [-0.2, -0.15) is 5.10 Å². The van der Waals surface area contributed by atoms with E-state index in [2.05, 4.69) is 29.2 Å². The maximum absolute atomic E-state index is 12.3. The van der Waals surface area contributed by atoms with Crippen LogP contribution in [0.4, 0.5) is 11.4 Å². The summed E-state index contributed by atoms with van der Waals surface area (Å²) in [7, 11) is 0. The van der Waals surface area contributed by atoms with Gasteiger partial charge in [0, 0.05) is 30.5 Å². The Hall–Kier alpha value is -2.93. The van der Waals surface area contributed by atoms with Crippen LogP contribution in [-0.4, -0.2) is 28.8 Å². The molecule has 0 atom stereocenters. The summed E-state index contributed by atoms with van der Waals surface area (Å²) in [6.45, 7) is 5.94. The highest BCUT2D eigenvalue weighted by atomic mass is 32.1. The second-order valence-corrected chi connectivity index (χ2v) is 6.91. The molecule has 7 heteroatoms. The Morgan fingerprint density at radius 2 is 1.85 bits per heavy atom. The molecule has 6 nitrogen and oxygen atoms in total. The third kappa shape index (κ3) is 4.62. The van der Waals surface area contributed by atoms with E-state index in [4.69, 9.17) is 0 Å². The molecule has 0 unspecified atom stereocenters. The Morgan fingerprint density at radius 3 is 2.48 bits per heavy atom. The molecule has 3 rings (SSSR count). The number of hydrogen-bond donors (Lipinski definition) is 1. The van der Waals surface area contributed by atoms with Crippen molar-refractivity contribution in [2.45, 2.75) is 20.4 Å². The lowest BCUT2D eigenvalue weighted by Gasteiger charge is -2.21. The molecule has 0 saturated heterocycles. The average Bonchev–Trinajstić information content (AvgIpc) is 3.20. The maximum atomic E-state index is 12.3.